The molecule has 0 radical (unpaired) electrons. The van der Waals surface area contributed by atoms with Gasteiger partial charge in [0.25, 0.3) is 0 Å². The fourth-order valence-electron chi connectivity index (χ4n) is 2.65. The van der Waals surface area contributed by atoms with Gasteiger partial charge in [0.05, 0.1) is 18.0 Å². The van der Waals surface area contributed by atoms with Crippen molar-refractivity contribution in [1.82, 2.24) is 10.4 Å². The fraction of sp³-hybridized carbons (Fsp3) is 0.556. The number of rotatable bonds is 8. The van der Waals surface area contributed by atoms with Crippen LogP contribution in [0.25, 0.3) is 0 Å². The van der Waals surface area contributed by atoms with Crippen molar-refractivity contribution in [3.8, 4) is 5.88 Å². The Morgan fingerprint density at radius 1 is 1.38 bits per heavy atom. The molecule has 7 nitrogen and oxygen atoms in total. The Bertz CT molecular complexity index is 698. The minimum atomic E-state index is -0.837. The molecule has 26 heavy (non-hydrogen) atoms. The Hall–Kier alpha value is -2.09. The molecular formula is C18H25N3O4S. The molecule has 0 fully saturated rings. The van der Waals surface area contributed by atoms with Crippen molar-refractivity contribution in [2.45, 2.75) is 57.1 Å². The van der Waals surface area contributed by atoms with E-state index in [0.717, 1.165) is 36.2 Å². The van der Waals surface area contributed by atoms with Gasteiger partial charge in [0.15, 0.2) is 0 Å². The summed E-state index contributed by atoms with van der Waals surface area (Å²) >= 11 is 4.35. The summed E-state index contributed by atoms with van der Waals surface area (Å²) in [6.45, 7) is 4.07. The lowest BCUT2D eigenvalue weighted by Gasteiger charge is -2.19. The van der Waals surface area contributed by atoms with Crippen molar-refractivity contribution in [1.29, 1.82) is 0 Å². The number of carbonyl (C=O) groups excluding carboxylic acids is 1. The van der Waals surface area contributed by atoms with Crippen molar-refractivity contribution in [2.75, 3.05) is 6.61 Å². The van der Waals surface area contributed by atoms with Gasteiger partial charge in [-0.3, -0.25) is 9.59 Å². The second kappa shape index (κ2) is 9.02. The largest absolute Gasteiger partial charge is 0.481 e. The highest BCUT2D eigenvalue weighted by Gasteiger charge is 2.20. The predicted molar refractivity (Wildman–Crippen MR) is 102 cm³/mol. The Morgan fingerprint density at radius 2 is 2.15 bits per heavy atom. The molecule has 1 aromatic heterocycles. The van der Waals surface area contributed by atoms with Crippen LogP contribution in [0.4, 0.5) is 0 Å². The highest BCUT2D eigenvalue weighted by atomic mass is 32.1. The quantitative estimate of drug-likeness (QED) is 0.366. The van der Waals surface area contributed by atoms with E-state index in [0.29, 0.717) is 18.9 Å². The number of pyridine rings is 1. The lowest BCUT2D eigenvalue weighted by atomic mass is 9.94. The lowest BCUT2D eigenvalue weighted by molar-refractivity contribution is -0.137. The zero-order valence-corrected chi connectivity index (χ0v) is 16.0. The summed E-state index contributed by atoms with van der Waals surface area (Å²) in [5, 5.41) is 12.9. The molecule has 1 heterocycles. The van der Waals surface area contributed by atoms with E-state index in [2.05, 4.69) is 28.1 Å². The Balaban J connectivity index is 1.99. The number of hydrogen-bond donors (Lipinski definition) is 3. The van der Waals surface area contributed by atoms with Crippen LogP contribution in [0.3, 0.4) is 0 Å². The summed E-state index contributed by atoms with van der Waals surface area (Å²) in [4.78, 5) is 26.9. The van der Waals surface area contributed by atoms with Gasteiger partial charge in [-0.25, -0.2) is 10.4 Å². The van der Waals surface area contributed by atoms with Crippen LogP contribution >= 0.6 is 12.6 Å². The van der Waals surface area contributed by atoms with Crippen LogP contribution in [-0.2, 0) is 16.0 Å². The number of nitrogens with one attached hydrogen (secondary N) is 1. The van der Waals surface area contributed by atoms with Gasteiger partial charge >= 0.3 is 5.97 Å². The highest BCUT2D eigenvalue weighted by molar-refractivity contribution is 7.81. The second-order valence-corrected chi connectivity index (χ2v) is 8.14. The summed E-state index contributed by atoms with van der Waals surface area (Å²) in [6.07, 6.45) is 3.28. The van der Waals surface area contributed by atoms with Gasteiger partial charge in [0.1, 0.15) is 0 Å². The number of amides is 1. The number of fused-ring (bicyclic) bond motifs is 1. The fourth-order valence-corrected chi connectivity index (χ4v) is 2.80. The van der Waals surface area contributed by atoms with E-state index < -0.39 is 5.97 Å². The Kier molecular flexibility index (Phi) is 7.02. The van der Waals surface area contributed by atoms with E-state index in [-0.39, 0.29) is 23.5 Å². The van der Waals surface area contributed by atoms with Crippen LogP contribution in [0.1, 0.15) is 57.2 Å². The first-order valence-electron chi connectivity index (χ1n) is 8.67. The average molecular weight is 379 g/mol. The number of aromatic nitrogens is 1. The molecular weight excluding hydrogens is 354 g/mol. The number of hydrazone groups is 1. The molecule has 142 valence electrons. The molecule has 0 spiro atoms. The first-order valence-corrected chi connectivity index (χ1v) is 9.12. The third-order valence-electron chi connectivity index (χ3n) is 3.78. The minimum Gasteiger partial charge on any atom is -0.481 e. The van der Waals surface area contributed by atoms with Gasteiger partial charge in [-0.2, -0.15) is 17.7 Å². The highest BCUT2D eigenvalue weighted by Crippen LogP contribution is 2.23. The monoisotopic (exact) mass is 379 g/mol. The normalized spacial score (nSPS) is 15.4. The summed E-state index contributed by atoms with van der Waals surface area (Å²) < 4.78 is 5.13. The summed E-state index contributed by atoms with van der Waals surface area (Å²) in [5.74, 6) is -0.525. The van der Waals surface area contributed by atoms with Gasteiger partial charge in [-0.1, -0.05) is 13.8 Å². The Labute approximate surface area is 158 Å². The number of ether oxygens (including phenoxy) is 1. The van der Waals surface area contributed by atoms with Crippen LogP contribution in [0, 0.1) is 0 Å². The topological polar surface area (TPSA) is 101 Å². The van der Waals surface area contributed by atoms with Crippen molar-refractivity contribution in [3.05, 3.63) is 23.4 Å². The van der Waals surface area contributed by atoms with Gasteiger partial charge in [-0.05, 0) is 31.7 Å². The molecule has 8 heteroatoms. The zero-order chi connectivity index (χ0) is 19.2. The molecule has 0 aliphatic heterocycles. The van der Waals surface area contributed by atoms with E-state index in [1.807, 2.05) is 19.9 Å². The van der Waals surface area contributed by atoms with E-state index in [4.69, 9.17) is 9.84 Å². The number of carboxylic acids is 1. The molecule has 0 aromatic carbocycles. The van der Waals surface area contributed by atoms with Crippen molar-refractivity contribution < 1.29 is 19.4 Å². The van der Waals surface area contributed by atoms with E-state index >= 15 is 0 Å². The molecule has 1 aliphatic rings. The van der Waals surface area contributed by atoms with Gasteiger partial charge in [0.2, 0.25) is 11.8 Å². The molecule has 0 unspecified atom stereocenters. The first-order chi connectivity index (χ1) is 12.2. The van der Waals surface area contributed by atoms with Crippen molar-refractivity contribution in [3.63, 3.8) is 0 Å². The third kappa shape index (κ3) is 6.67. The Morgan fingerprint density at radius 3 is 2.85 bits per heavy atom. The maximum Gasteiger partial charge on any atom is 0.303 e. The molecule has 1 amide bonds. The molecule has 0 bridgehead atoms. The number of thiol groups is 1. The lowest BCUT2D eigenvalue weighted by Crippen LogP contribution is -2.27. The van der Waals surface area contributed by atoms with Crippen LogP contribution < -0.4 is 10.2 Å². The number of hydrogen-bond acceptors (Lipinski definition) is 6. The molecule has 2 rings (SSSR count). The average Bonchev–Trinajstić information content (AvgIpc) is 2.55. The molecule has 0 atom stereocenters. The maximum atomic E-state index is 11.9. The standard InChI is InChI=1S/C18H25N3O4S/c1-18(2,26)11-15(22)21-20-14-6-3-5-13-12(14)8-9-16(19-13)25-10-4-7-17(23)24/h8-9,26H,3-7,10-11H2,1-2H3,(H,21,22)(H,23,24)/b20-14-. The van der Waals surface area contributed by atoms with Crippen molar-refractivity contribution >= 4 is 30.2 Å². The number of carboxylic acid groups (broad SMARTS) is 1. The number of aliphatic carboxylic acids is 1. The summed E-state index contributed by atoms with van der Waals surface area (Å²) in [5.41, 5.74) is 5.21. The van der Waals surface area contributed by atoms with E-state index in [9.17, 15) is 9.59 Å². The summed E-state index contributed by atoms with van der Waals surface area (Å²) in [7, 11) is 0. The van der Waals surface area contributed by atoms with Crippen LogP contribution in [0.2, 0.25) is 0 Å². The molecule has 0 saturated carbocycles. The van der Waals surface area contributed by atoms with Gasteiger partial charge in [-0.15, -0.1) is 0 Å². The molecule has 1 aromatic rings. The van der Waals surface area contributed by atoms with E-state index in [1.165, 1.54) is 0 Å². The van der Waals surface area contributed by atoms with Crippen LogP contribution in [0.15, 0.2) is 17.2 Å². The summed E-state index contributed by atoms with van der Waals surface area (Å²) in [6, 6.07) is 3.64. The number of aryl methyl sites for hydroxylation is 1. The van der Waals surface area contributed by atoms with Gasteiger partial charge < -0.3 is 9.84 Å². The van der Waals surface area contributed by atoms with Crippen LogP contribution in [-0.4, -0.2) is 39.0 Å². The second-order valence-electron chi connectivity index (χ2n) is 6.93. The smallest absolute Gasteiger partial charge is 0.303 e. The van der Waals surface area contributed by atoms with Crippen molar-refractivity contribution in [2.24, 2.45) is 5.10 Å². The zero-order valence-electron chi connectivity index (χ0n) is 15.1. The SMILES string of the molecule is CC(C)(S)CC(=O)N/N=C1/CCCc2nc(OCCCC(=O)O)ccc21. The molecule has 1 aliphatic carbocycles. The molecule has 0 saturated heterocycles. The minimum absolute atomic E-state index is 0.0739. The molecule has 2 N–H and O–H groups in total. The predicted octanol–water partition coefficient (Wildman–Crippen LogP) is 2.58. The van der Waals surface area contributed by atoms with Gasteiger partial charge in [0, 0.05) is 29.2 Å². The number of carbonyl (C=O) groups is 2. The first kappa shape index (κ1) is 20.2. The maximum absolute atomic E-state index is 11.9. The van der Waals surface area contributed by atoms with E-state index in [1.54, 1.807) is 6.07 Å². The number of nitrogens with zero attached hydrogens (tertiary/aromatic N) is 2. The third-order valence-corrected chi connectivity index (χ3v) is 3.94. The van der Waals surface area contributed by atoms with Crippen LogP contribution in [0.5, 0.6) is 5.88 Å².